The molecule has 1 aliphatic heterocycles. The SMILES string of the molecule is CC(C)=CC/C=C(/C)C1CCC2(C)C1C(O)CC1C3(C)CCC(OC4OC(CO)C(O)C(O)C4O)C(C)(C)C3CCC12C. The van der Waals surface area contributed by atoms with E-state index in [0.29, 0.717) is 17.8 Å². The smallest absolute Gasteiger partial charge is 0.186 e. The lowest BCUT2D eigenvalue weighted by molar-refractivity contribution is -0.331. The molecule has 5 aliphatic rings. The zero-order valence-electron chi connectivity index (χ0n) is 27.9. The van der Waals surface area contributed by atoms with Gasteiger partial charge in [-0.2, -0.15) is 0 Å². The van der Waals surface area contributed by atoms with E-state index >= 15 is 0 Å². The van der Waals surface area contributed by atoms with Crippen molar-refractivity contribution in [3.63, 3.8) is 0 Å². The summed E-state index contributed by atoms with van der Waals surface area (Å²) in [6.45, 7) is 18.2. The van der Waals surface area contributed by atoms with Crippen molar-refractivity contribution in [2.45, 2.75) is 150 Å². The minimum Gasteiger partial charge on any atom is -0.394 e. The molecule has 14 atom stereocenters. The van der Waals surface area contributed by atoms with E-state index in [9.17, 15) is 25.5 Å². The minimum atomic E-state index is -1.44. The number of hydrogen-bond donors (Lipinski definition) is 5. The Hall–Kier alpha value is -0.800. The highest BCUT2D eigenvalue weighted by Crippen LogP contribution is 2.75. The fraction of sp³-hybridized carbons (Fsp3) is 0.889. The predicted octanol–water partition coefficient (Wildman–Crippen LogP) is 5.13. The molecular weight excluding hydrogens is 544 g/mol. The molecule has 5 N–H and O–H groups in total. The van der Waals surface area contributed by atoms with Crippen LogP contribution in [-0.2, 0) is 9.47 Å². The topological polar surface area (TPSA) is 120 Å². The first-order valence-electron chi connectivity index (χ1n) is 17.0. The summed E-state index contributed by atoms with van der Waals surface area (Å²) in [7, 11) is 0. The van der Waals surface area contributed by atoms with E-state index in [1.54, 1.807) is 0 Å². The summed E-state index contributed by atoms with van der Waals surface area (Å²) >= 11 is 0. The summed E-state index contributed by atoms with van der Waals surface area (Å²) < 4.78 is 12.2. The lowest BCUT2D eigenvalue weighted by Crippen LogP contribution is -2.67. The maximum absolute atomic E-state index is 12.0. The van der Waals surface area contributed by atoms with Gasteiger partial charge in [0.1, 0.15) is 24.4 Å². The molecule has 0 aromatic heterocycles. The third-order valence-corrected chi connectivity index (χ3v) is 14.0. The fourth-order valence-electron chi connectivity index (χ4n) is 11.5. The number of rotatable bonds is 6. The first-order chi connectivity index (χ1) is 20.0. The average Bonchev–Trinajstić information content (AvgIpc) is 3.31. The summed E-state index contributed by atoms with van der Waals surface area (Å²) in [5.74, 6) is 1.48. The highest BCUT2D eigenvalue weighted by atomic mass is 16.7. The van der Waals surface area contributed by atoms with E-state index in [1.807, 2.05) is 0 Å². The van der Waals surface area contributed by atoms with Gasteiger partial charge >= 0.3 is 0 Å². The lowest BCUT2D eigenvalue weighted by atomic mass is 9.35. The second-order valence-corrected chi connectivity index (χ2v) is 16.6. The summed E-state index contributed by atoms with van der Waals surface area (Å²) in [6.07, 6.45) is 5.90. The van der Waals surface area contributed by atoms with Crippen LogP contribution in [0.15, 0.2) is 23.3 Å². The van der Waals surface area contributed by atoms with Gasteiger partial charge in [0.2, 0.25) is 0 Å². The van der Waals surface area contributed by atoms with Gasteiger partial charge in [-0.25, -0.2) is 0 Å². The Balaban J connectivity index is 1.38. The number of aliphatic hydroxyl groups is 5. The number of fused-ring (bicyclic) bond motifs is 5. The molecular formula is C36H60O7. The summed E-state index contributed by atoms with van der Waals surface area (Å²) in [4.78, 5) is 0. The normalized spacial score (nSPS) is 51.3. The second kappa shape index (κ2) is 11.8. The van der Waals surface area contributed by atoms with Crippen molar-refractivity contribution in [3.8, 4) is 0 Å². The molecule has 0 amide bonds. The Kier molecular flexibility index (Phi) is 9.19. The van der Waals surface area contributed by atoms with Crippen molar-refractivity contribution >= 4 is 0 Å². The molecule has 4 aliphatic carbocycles. The minimum absolute atomic E-state index is 0.0348. The van der Waals surface area contributed by atoms with Crippen LogP contribution in [0.1, 0.15) is 107 Å². The Bertz CT molecular complexity index is 1080. The molecule has 246 valence electrons. The molecule has 14 unspecified atom stereocenters. The first-order valence-corrected chi connectivity index (χ1v) is 17.0. The van der Waals surface area contributed by atoms with E-state index in [2.05, 4.69) is 67.5 Å². The van der Waals surface area contributed by atoms with Gasteiger partial charge in [0.25, 0.3) is 0 Å². The summed E-state index contributed by atoms with van der Waals surface area (Å²) in [6, 6.07) is 0. The first kappa shape index (κ1) is 33.6. The molecule has 5 fully saturated rings. The van der Waals surface area contributed by atoms with Crippen LogP contribution in [0.2, 0.25) is 0 Å². The van der Waals surface area contributed by atoms with Crippen molar-refractivity contribution in [1.29, 1.82) is 0 Å². The molecule has 0 aromatic rings. The van der Waals surface area contributed by atoms with E-state index in [-0.39, 0.29) is 39.8 Å². The Morgan fingerprint density at radius 2 is 1.49 bits per heavy atom. The van der Waals surface area contributed by atoms with Crippen molar-refractivity contribution in [2.75, 3.05) is 6.61 Å². The van der Waals surface area contributed by atoms with Crippen LogP contribution in [0.4, 0.5) is 0 Å². The quantitative estimate of drug-likeness (QED) is 0.211. The summed E-state index contributed by atoms with van der Waals surface area (Å²) in [5, 5.41) is 52.9. The second-order valence-electron chi connectivity index (χ2n) is 16.6. The average molecular weight is 605 g/mol. The Morgan fingerprint density at radius 3 is 2.14 bits per heavy atom. The molecule has 43 heavy (non-hydrogen) atoms. The molecule has 0 spiro atoms. The maximum Gasteiger partial charge on any atom is 0.186 e. The Morgan fingerprint density at radius 1 is 0.814 bits per heavy atom. The largest absolute Gasteiger partial charge is 0.394 e. The standard InChI is InChI=1S/C36H60O7/c1-20(2)10-9-11-21(3)22-12-16-36(8)28(22)23(38)18-26-34(6)15-14-27(33(4,5)25(34)13-17-35(26,36)7)43-32-31(41)30(40)29(39)24(19-37)42-32/h10-11,22-32,37-41H,9,12-19H2,1-8H3/b21-11-. The van der Waals surface area contributed by atoms with E-state index in [0.717, 1.165) is 51.4 Å². The van der Waals surface area contributed by atoms with Crippen molar-refractivity contribution in [3.05, 3.63) is 23.3 Å². The van der Waals surface area contributed by atoms with Gasteiger partial charge in [-0.15, -0.1) is 0 Å². The zero-order chi connectivity index (χ0) is 31.7. The molecule has 7 nitrogen and oxygen atoms in total. The predicted molar refractivity (Wildman–Crippen MR) is 167 cm³/mol. The summed E-state index contributed by atoms with van der Waals surface area (Å²) in [5.41, 5.74) is 2.80. The molecule has 1 heterocycles. The van der Waals surface area contributed by atoms with Crippen LogP contribution in [0.3, 0.4) is 0 Å². The fourth-order valence-corrected chi connectivity index (χ4v) is 11.5. The van der Waals surface area contributed by atoms with Crippen molar-refractivity contribution in [1.82, 2.24) is 0 Å². The van der Waals surface area contributed by atoms with Gasteiger partial charge in [-0.1, -0.05) is 57.9 Å². The molecule has 7 heteroatoms. The monoisotopic (exact) mass is 604 g/mol. The highest BCUT2D eigenvalue weighted by Gasteiger charge is 2.70. The van der Waals surface area contributed by atoms with Crippen molar-refractivity contribution < 1.29 is 35.0 Å². The molecule has 4 saturated carbocycles. The van der Waals surface area contributed by atoms with Gasteiger partial charge in [0, 0.05) is 0 Å². The number of ether oxygens (including phenoxy) is 2. The van der Waals surface area contributed by atoms with Crippen LogP contribution in [0, 0.1) is 45.3 Å². The van der Waals surface area contributed by atoms with Crippen LogP contribution in [0.25, 0.3) is 0 Å². The zero-order valence-corrected chi connectivity index (χ0v) is 27.9. The van der Waals surface area contributed by atoms with E-state index < -0.39 is 37.3 Å². The molecule has 0 aromatic carbocycles. The molecule has 0 bridgehead atoms. The number of hydrogen-bond acceptors (Lipinski definition) is 7. The van der Waals surface area contributed by atoms with Gasteiger partial charge in [0.05, 0.1) is 18.8 Å². The van der Waals surface area contributed by atoms with Gasteiger partial charge in [0.15, 0.2) is 6.29 Å². The maximum atomic E-state index is 12.0. The molecule has 0 radical (unpaired) electrons. The van der Waals surface area contributed by atoms with Crippen LogP contribution in [0.5, 0.6) is 0 Å². The van der Waals surface area contributed by atoms with Crippen LogP contribution in [-0.4, -0.2) is 75.1 Å². The third-order valence-electron chi connectivity index (χ3n) is 14.0. The third kappa shape index (κ3) is 5.21. The van der Waals surface area contributed by atoms with Crippen LogP contribution >= 0.6 is 0 Å². The van der Waals surface area contributed by atoms with Crippen LogP contribution < -0.4 is 0 Å². The molecule has 1 saturated heterocycles. The lowest BCUT2D eigenvalue weighted by Gasteiger charge is -2.70. The van der Waals surface area contributed by atoms with E-state index in [1.165, 1.54) is 11.1 Å². The van der Waals surface area contributed by atoms with Crippen molar-refractivity contribution in [2.24, 2.45) is 45.3 Å². The molecule has 5 rings (SSSR count). The highest BCUT2D eigenvalue weighted by molar-refractivity contribution is 5.23. The van der Waals surface area contributed by atoms with Gasteiger partial charge in [-0.05, 0) is 117 Å². The van der Waals surface area contributed by atoms with Gasteiger partial charge in [-0.3, -0.25) is 0 Å². The number of allylic oxidation sites excluding steroid dienone is 4. The number of aliphatic hydroxyl groups excluding tert-OH is 5. The van der Waals surface area contributed by atoms with Gasteiger partial charge < -0.3 is 35.0 Å². The Labute approximate surface area is 259 Å². The van der Waals surface area contributed by atoms with E-state index in [4.69, 9.17) is 9.47 Å².